The van der Waals surface area contributed by atoms with E-state index in [4.69, 9.17) is 0 Å². The number of halogens is 1. The van der Waals surface area contributed by atoms with Crippen molar-refractivity contribution >= 4 is 36.8 Å². The second kappa shape index (κ2) is 7.51. The maximum absolute atomic E-state index is 3.15. The minimum Gasteiger partial charge on any atom is -0.147 e. The molecule has 0 heterocycles. The Labute approximate surface area is 185 Å². The second-order valence-electron chi connectivity index (χ2n) is 10.9. The SMILES string of the molecule is Cc1ccc(P(c2ccc(C)cc2)[Si](C)(C)[Cr]([CH3])([CH3])([CH3])([CH3])[C]2=CC=CC2)cc1.Cl. The van der Waals surface area contributed by atoms with Gasteiger partial charge in [-0.25, -0.2) is 0 Å². The predicted octanol–water partition coefficient (Wildman–Crippen LogP) is 8.12. The van der Waals surface area contributed by atoms with Gasteiger partial charge in [-0.05, 0) is 0 Å². The first-order valence-corrected chi connectivity index (χ1v) is 22.8. The van der Waals surface area contributed by atoms with Crippen molar-refractivity contribution in [1.82, 2.24) is 0 Å². The van der Waals surface area contributed by atoms with Crippen LogP contribution in [0.5, 0.6) is 0 Å². The normalized spacial score (nSPS) is 16.8. The Bertz CT molecular complexity index is 902. The molecular weight excluding hydrogens is 447 g/mol. The van der Waals surface area contributed by atoms with Gasteiger partial charge in [-0.15, -0.1) is 12.4 Å². The minimum absolute atomic E-state index is 0. The summed E-state index contributed by atoms with van der Waals surface area (Å²) in [5.41, 5.74) is 2.70. The molecule has 160 valence electrons. The van der Waals surface area contributed by atoms with Crippen molar-refractivity contribution < 1.29 is 10.3 Å². The zero-order valence-corrected chi connectivity index (χ0v) is 23.3. The predicted molar refractivity (Wildman–Crippen MR) is 139 cm³/mol. The summed E-state index contributed by atoms with van der Waals surface area (Å²) < 4.78 is 1.75. The van der Waals surface area contributed by atoms with E-state index in [-0.39, 0.29) is 19.9 Å². The average molecular weight is 485 g/mol. The van der Waals surface area contributed by atoms with E-state index >= 15 is 0 Å². The summed E-state index contributed by atoms with van der Waals surface area (Å²) in [6.07, 6.45) is 6.49. The molecule has 2 aromatic rings. The molecule has 0 unspecified atom stereocenters. The topological polar surface area (TPSA) is 0 Å². The van der Waals surface area contributed by atoms with Crippen LogP contribution in [0.4, 0.5) is 0 Å². The van der Waals surface area contributed by atoms with Crippen molar-refractivity contribution in [3.8, 4) is 0 Å². The third kappa shape index (κ3) is 4.13. The zero-order chi connectivity index (χ0) is 20.9. The van der Waals surface area contributed by atoms with Gasteiger partial charge in [0.05, 0.1) is 0 Å². The van der Waals surface area contributed by atoms with Gasteiger partial charge in [0.1, 0.15) is 0 Å². The first-order valence-electron chi connectivity index (χ1n) is 10.1. The van der Waals surface area contributed by atoms with Crippen LogP contribution in [0.3, 0.4) is 0 Å². The van der Waals surface area contributed by atoms with Crippen LogP contribution in [0.15, 0.2) is 71.2 Å². The molecular formula is C25H38ClCrPSi. The van der Waals surface area contributed by atoms with Gasteiger partial charge in [0, 0.05) is 0 Å². The van der Waals surface area contributed by atoms with Crippen LogP contribution < -0.4 is 10.6 Å². The molecule has 0 N–H and O–H groups in total. The number of benzene rings is 2. The molecule has 0 nitrogen and oxygen atoms in total. The van der Waals surface area contributed by atoms with Crippen molar-refractivity contribution in [3.63, 3.8) is 0 Å². The molecule has 0 fully saturated rings. The van der Waals surface area contributed by atoms with Crippen molar-refractivity contribution in [2.45, 2.75) is 56.5 Å². The third-order valence-corrected chi connectivity index (χ3v) is 58.3. The Kier molecular flexibility index (Phi) is 6.39. The van der Waals surface area contributed by atoms with Crippen molar-refractivity contribution in [2.24, 2.45) is 0 Å². The smallest absolute Gasteiger partial charge is 0.147 e. The molecule has 0 atom stereocenters. The van der Waals surface area contributed by atoms with Crippen LogP contribution >= 0.6 is 19.9 Å². The molecule has 1 aliphatic rings. The summed E-state index contributed by atoms with van der Waals surface area (Å²) in [7, 11) is -3.53. The van der Waals surface area contributed by atoms with Gasteiger partial charge in [0.15, 0.2) is 0 Å². The van der Waals surface area contributed by atoms with Crippen LogP contribution in [0.25, 0.3) is 0 Å². The van der Waals surface area contributed by atoms with Gasteiger partial charge in [-0.3, -0.25) is 0 Å². The van der Waals surface area contributed by atoms with Gasteiger partial charge in [-0.1, -0.05) is 0 Å². The van der Waals surface area contributed by atoms with Gasteiger partial charge >= 0.3 is 173 Å². The number of hydrogen-bond donors (Lipinski definition) is 0. The minimum atomic E-state index is -3.15. The summed E-state index contributed by atoms with van der Waals surface area (Å²) in [5.74, 6) is 10.8. The number of hydrogen-bond acceptors (Lipinski definition) is 0. The fraction of sp³-hybridized carbons (Fsp3) is 0.360. The van der Waals surface area contributed by atoms with E-state index < -0.39 is 16.6 Å². The largest absolute Gasteiger partial charge is 0.147 e. The molecule has 4 heteroatoms. The van der Waals surface area contributed by atoms with E-state index in [0.29, 0.717) is 0 Å². The molecule has 0 aromatic heterocycles. The summed E-state index contributed by atoms with van der Waals surface area (Å²) >= 11 is 0. The van der Waals surface area contributed by atoms with Gasteiger partial charge in [-0.2, -0.15) is 0 Å². The monoisotopic (exact) mass is 484 g/mol. The fourth-order valence-electron chi connectivity index (χ4n) is 4.00. The van der Waals surface area contributed by atoms with E-state index in [9.17, 15) is 0 Å². The molecule has 3 rings (SSSR count). The molecule has 0 bridgehead atoms. The molecule has 0 aliphatic heterocycles. The van der Waals surface area contributed by atoms with Crippen molar-refractivity contribution in [1.29, 1.82) is 0 Å². The summed E-state index contributed by atoms with van der Waals surface area (Å²) in [6, 6.07) is 18.9. The standard InChI is InChI=1S/C16H20PSi.C5H5.4CH3.ClH.Cr/c1-13-5-9-15(10-6-13)17(18(3)4)16-11-7-14(2)8-12-16;1-2-4-5-3-1;;;;;;/h5-12H,1-4H3;1-3H,4H2;4*1H3;1H;. The fourth-order valence-corrected chi connectivity index (χ4v) is 37.0. The van der Waals surface area contributed by atoms with Crippen LogP contribution in [0.1, 0.15) is 17.5 Å². The second-order valence-corrected chi connectivity index (χ2v) is 47.9. The van der Waals surface area contributed by atoms with Crippen LogP contribution in [-0.2, 0) is 10.3 Å². The molecule has 0 spiro atoms. The van der Waals surface area contributed by atoms with Crippen LogP contribution in [-0.4, -0.2) is 6.30 Å². The van der Waals surface area contributed by atoms with E-state index in [1.165, 1.54) is 11.1 Å². The third-order valence-electron chi connectivity index (χ3n) is 7.29. The number of aryl methyl sites for hydroxylation is 2. The zero-order valence-electron chi connectivity index (χ0n) is 19.3. The summed E-state index contributed by atoms with van der Waals surface area (Å²) in [4.78, 5) is 0. The van der Waals surface area contributed by atoms with E-state index in [0.717, 1.165) is 6.42 Å². The number of allylic oxidation sites excluding steroid dienone is 4. The Balaban J connectivity index is 0.00000300. The maximum atomic E-state index is 2.70. The maximum Gasteiger partial charge on any atom is -0.147 e. The molecule has 0 amide bonds. The Morgan fingerprint density at radius 2 is 1.17 bits per heavy atom. The van der Waals surface area contributed by atoms with Gasteiger partial charge in [0.25, 0.3) is 0 Å². The van der Waals surface area contributed by atoms with Crippen molar-refractivity contribution in [3.05, 3.63) is 82.3 Å². The Morgan fingerprint density at radius 1 is 0.759 bits per heavy atom. The molecule has 0 saturated heterocycles. The first kappa shape index (κ1) is 24.7. The molecule has 2 aromatic carbocycles. The molecule has 0 saturated carbocycles. The van der Waals surface area contributed by atoms with E-state index in [2.05, 4.69) is 117 Å². The van der Waals surface area contributed by atoms with E-state index in [1.54, 1.807) is 15.0 Å². The summed E-state index contributed by atoms with van der Waals surface area (Å²) in [6.45, 7) is 9.79. The van der Waals surface area contributed by atoms with Crippen LogP contribution in [0.2, 0.25) is 36.2 Å². The van der Waals surface area contributed by atoms with Gasteiger partial charge < -0.3 is 0 Å². The van der Waals surface area contributed by atoms with Crippen molar-refractivity contribution in [2.75, 3.05) is 0 Å². The first-order chi connectivity index (χ1) is 12.8. The molecule has 1 aliphatic carbocycles. The molecule has 0 radical (unpaired) electrons. The van der Waals surface area contributed by atoms with Crippen LogP contribution in [0, 0.1) is 13.8 Å². The van der Waals surface area contributed by atoms with E-state index in [1.807, 2.05) is 0 Å². The average Bonchev–Trinajstić information content (AvgIpc) is 3.14. The Morgan fingerprint density at radius 3 is 1.52 bits per heavy atom. The Hall–Kier alpha value is -0.611. The molecule has 29 heavy (non-hydrogen) atoms. The number of rotatable bonds is 5. The van der Waals surface area contributed by atoms with Gasteiger partial charge in [0.2, 0.25) is 0 Å². The quantitative estimate of drug-likeness (QED) is 0.297. The summed E-state index contributed by atoms with van der Waals surface area (Å²) in [5, 5.41) is 3.12.